The highest BCUT2D eigenvalue weighted by Gasteiger charge is 2.19. The van der Waals surface area contributed by atoms with Gasteiger partial charge in [0.05, 0.1) is 9.79 Å². The maximum absolute atomic E-state index is 12.5. The van der Waals surface area contributed by atoms with Crippen LogP contribution < -0.4 is 11.1 Å². The summed E-state index contributed by atoms with van der Waals surface area (Å²) >= 11 is 0. The molecule has 5 nitrogen and oxygen atoms in total. The third-order valence-electron chi connectivity index (χ3n) is 2.82. The Kier molecular flexibility index (Phi) is 3.76. The molecule has 104 valence electrons. The number of nitrogens with two attached hydrogens (primary N) is 1. The fourth-order valence-corrected chi connectivity index (χ4v) is 3.34. The minimum absolute atomic E-state index is 0.168. The van der Waals surface area contributed by atoms with Gasteiger partial charge in [-0.15, -0.1) is 0 Å². The minimum atomic E-state index is -3.56. The number of aryl methyl sites for hydroxylation is 1. The van der Waals surface area contributed by atoms with Crippen LogP contribution in [-0.2, 0) is 9.84 Å². The number of anilines is 1. The summed E-state index contributed by atoms with van der Waals surface area (Å²) in [6, 6.07) is 12.0. The number of benzene rings is 2. The molecule has 2 amide bonds. The smallest absolute Gasteiger partial charge is 0.316 e. The normalized spacial score (nSPS) is 11.1. The van der Waals surface area contributed by atoms with Crippen LogP contribution in [0.3, 0.4) is 0 Å². The van der Waals surface area contributed by atoms with E-state index in [-0.39, 0.29) is 9.79 Å². The van der Waals surface area contributed by atoms with Gasteiger partial charge in [-0.3, -0.25) is 0 Å². The molecule has 2 aromatic rings. The average Bonchev–Trinajstić information content (AvgIpc) is 2.39. The number of urea groups is 1. The van der Waals surface area contributed by atoms with Gasteiger partial charge in [0, 0.05) is 5.69 Å². The lowest BCUT2D eigenvalue weighted by atomic mass is 10.2. The van der Waals surface area contributed by atoms with Gasteiger partial charge in [0.1, 0.15) is 0 Å². The second-order valence-corrected chi connectivity index (χ2v) is 6.20. The fraction of sp³-hybridized carbons (Fsp3) is 0.0714. The summed E-state index contributed by atoms with van der Waals surface area (Å²) in [5, 5.41) is 2.38. The van der Waals surface area contributed by atoms with Gasteiger partial charge in [-0.2, -0.15) is 0 Å². The van der Waals surface area contributed by atoms with Crippen molar-refractivity contribution in [3.63, 3.8) is 0 Å². The maximum Gasteiger partial charge on any atom is 0.316 e. The molecular weight excluding hydrogens is 276 g/mol. The summed E-state index contributed by atoms with van der Waals surface area (Å²) in [4.78, 5) is 11.2. The van der Waals surface area contributed by atoms with Crippen molar-refractivity contribution in [3.05, 3.63) is 54.1 Å². The predicted molar refractivity (Wildman–Crippen MR) is 76.3 cm³/mol. The Balaban J connectivity index is 2.40. The van der Waals surface area contributed by atoms with Crippen LogP contribution in [0, 0.1) is 6.92 Å². The van der Waals surface area contributed by atoms with E-state index in [2.05, 4.69) is 5.32 Å². The number of primary amides is 1. The SMILES string of the molecule is Cc1ccccc1S(=O)(=O)c1ccc(NC(N)=O)cc1. The predicted octanol–water partition coefficient (Wildman–Crippen LogP) is 2.32. The number of hydrogen-bond acceptors (Lipinski definition) is 3. The van der Waals surface area contributed by atoms with Gasteiger partial charge in [0.2, 0.25) is 9.84 Å². The highest BCUT2D eigenvalue weighted by molar-refractivity contribution is 7.91. The molecule has 0 radical (unpaired) electrons. The van der Waals surface area contributed by atoms with Crippen LogP contribution in [-0.4, -0.2) is 14.4 Å². The molecule has 2 rings (SSSR count). The van der Waals surface area contributed by atoms with E-state index < -0.39 is 15.9 Å². The number of carbonyl (C=O) groups is 1. The first kappa shape index (κ1) is 14.1. The summed E-state index contributed by atoms with van der Waals surface area (Å²) in [5.74, 6) is 0. The summed E-state index contributed by atoms with van der Waals surface area (Å²) in [7, 11) is -3.56. The molecule has 0 fully saturated rings. The summed E-state index contributed by atoms with van der Waals surface area (Å²) in [5.41, 5.74) is 6.12. The van der Waals surface area contributed by atoms with E-state index in [0.29, 0.717) is 11.3 Å². The highest BCUT2D eigenvalue weighted by atomic mass is 32.2. The van der Waals surface area contributed by atoms with Crippen molar-refractivity contribution in [2.45, 2.75) is 16.7 Å². The number of carbonyl (C=O) groups excluding carboxylic acids is 1. The van der Waals surface area contributed by atoms with Crippen LogP contribution in [0.1, 0.15) is 5.56 Å². The molecule has 0 spiro atoms. The number of rotatable bonds is 3. The van der Waals surface area contributed by atoms with Crippen molar-refractivity contribution in [1.82, 2.24) is 0 Å². The van der Waals surface area contributed by atoms with E-state index >= 15 is 0 Å². The molecule has 0 atom stereocenters. The maximum atomic E-state index is 12.5. The molecule has 0 aromatic heterocycles. The van der Waals surface area contributed by atoms with Crippen molar-refractivity contribution in [1.29, 1.82) is 0 Å². The van der Waals surface area contributed by atoms with E-state index in [4.69, 9.17) is 5.73 Å². The average molecular weight is 290 g/mol. The Hall–Kier alpha value is -2.34. The van der Waals surface area contributed by atoms with Crippen LogP contribution in [0.5, 0.6) is 0 Å². The Morgan fingerprint density at radius 3 is 2.20 bits per heavy atom. The van der Waals surface area contributed by atoms with Gasteiger partial charge in [-0.1, -0.05) is 18.2 Å². The van der Waals surface area contributed by atoms with Crippen molar-refractivity contribution in [2.24, 2.45) is 5.73 Å². The molecule has 2 aromatic carbocycles. The molecule has 0 saturated heterocycles. The zero-order valence-corrected chi connectivity index (χ0v) is 11.6. The Bertz CT molecular complexity index is 737. The van der Waals surface area contributed by atoms with Crippen molar-refractivity contribution in [2.75, 3.05) is 5.32 Å². The molecule has 0 bridgehead atoms. The van der Waals surface area contributed by atoms with Gasteiger partial charge in [0.15, 0.2) is 0 Å². The molecule has 0 unspecified atom stereocenters. The number of nitrogens with one attached hydrogen (secondary N) is 1. The first-order valence-corrected chi connectivity index (χ1v) is 7.37. The minimum Gasteiger partial charge on any atom is -0.351 e. The van der Waals surface area contributed by atoms with Crippen molar-refractivity contribution in [3.8, 4) is 0 Å². The summed E-state index contributed by atoms with van der Waals surface area (Å²) < 4.78 is 25.0. The topological polar surface area (TPSA) is 89.3 Å². The first-order chi connectivity index (χ1) is 9.41. The molecule has 20 heavy (non-hydrogen) atoms. The van der Waals surface area contributed by atoms with Crippen LogP contribution in [0.2, 0.25) is 0 Å². The lowest BCUT2D eigenvalue weighted by Crippen LogP contribution is -2.19. The molecule has 0 saturated carbocycles. The Morgan fingerprint density at radius 1 is 1.05 bits per heavy atom. The van der Waals surface area contributed by atoms with E-state index in [1.807, 2.05) is 0 Å². The lowest BCUT2D eigenvalue weighted by molar-refractivity contribution is 0.259. The fourth-order valence-electron chi connectivity index (χ4n) is 1.84. The zero-order chi connectivity index (χ0) is 14.8. The zero-order valence-electron chi connectivity index (χ0n) is 10.8. The Labute approximate surface area is 117 Å². The van der Waals surface area contributed by atoms with E-state index in [1.54, 1.807) is 31.2 Å². The molecular formula is C14H14N2O3S. The van der Waals surface area contributed by atoms with Gasteiger partial charge >= 0.3 is 6.03 Å². The quantitative estimate of drug-likeness (QED) is 0.909. The van der Waals surface area contributed by atoms with E-state index in [9.17, 15) is 13.2 Å². The Morgan fingerprint density at radius 2 is 1.65 bits per heavy atom. The van der Waals surface area contributed by atoms with E-state index in [0.717, 1.165) is 0 Å². The third-order valence-corrected chi connectivity index (χ3v) is 4.75. The van der Waals surface area contributed by atoms with E-state index in [1.165, 1.54) is 24.3 Å². The van der Waals surface area contributed by atoms with Gasteiger partial charge in [0.25, 0.3) is 0 Å². The molecule has 0 aliphatic carbocycles. The van der Waals surface area contributed by atoms with Crippen LogP contribution >= 0.6 is 0 Å². The second-order valence-electron chi connectivity index (χ2n) is 4.28. The van der Waals surface area contributed by atoms with Crippen LogP contribution in [0.15, 0.2) is 58.3 Å². The van der Waals surface area contributed by atoms with Crippen LogP contribution in [0.4, 0.5) is 10.5 Å². The monoisotopic (exact) mass is 290 g/mol. The summed E-state index contributed by atoms with van der Waals surface area (Å²) in [6.07, 6.45) is 0. The molecule has 0 aliphatic heterocycles. The number of hydrogen-bond donors (Lipinski definition) is 2. The molecule has 0 aliphatic rings. The first-order valence-electron chi connectivity index (χ1n) is 5.88. The van der Waals surface area contributed by atoms with Gasteiger partial charge in [-0.05, 0) is 42.8 Å². The summed E-state index contributed by atoms with van der Waals surface area (Å²) in [6.45, 7) is 1.75. The van der Waals surface area contributed by atoms with Gasteiger partial charge in [-0.25, -0.2) is 13.2 Å². The molecule has 0 heterocycles. The van der Waals surface area contributed by atoms with Crippen molar-refractivity contribution < 1.29 is 13.2 Å². The number of amides is 2. The largest absolute Gasteiger partial charge is 0.351 e. The van der Waals surface area contributed by atoms with Crippen LogP contribution in [0.25, 0.3) is 0 Å². The molecule has 3 N–H and O–H groups in total. The number of sulfone groups is 1. The third kappa shape index (κ3) is 2.80. The van der Waals surface area contributed by atoms with Gasteiger partial charge < -0.3 is 11.1 Å². The highest BCUT2D eigenvalue weighted by Crippen LogP contribution is 2.24. The lowest BCUT2D eigenvalue weighted by Gasteiger charge is -2.08. The second kappa shape index (κ2) is 5.34. The standard InChI is InChI=1S/C14H14N2O3S/c1-10-4-2-3-5-13(10)20(18,19)12-8-6-11(7-9-12)16-14(15)17/h2-9H,1H3,(H3,15,16,17). The van der Waals surface area contributed by atoms with Crippen molar-refractivity contribution >= 4 is 21.6 Å². The molecule has 6 heteroatoms.